The second-order valence-corrected chi connectivity index (χ2v) is 10.3. The Balaban J connectivity index is 1.52. The van der Waals surface area contributed by atoms with Crippen LogP contribution in [0.25, 0.3) is 20.8 Å². The second kappa shape index (κ2) is 11.5. The molecule has 0 amide bonds. The van der Waals surface area contributed by atoms with Crippen molar-refractivity contribution < 1.29 is 24.1 Å². The summed E-state index contributed by atoms with van der Waals surface area (Å²) >= 11 is 1.43. The van der Waals surface area contributed by atoms with Crippen LogP contribution in [0.15, 0.2) is 42.5 Å². The summed E-state index contributed by atoms with van der Waals surface area (Å²) in [6, 6.07) is 12.9. The van der Waals surface area contributed by atoms with Crippen molar-refractivity contribution in [1.82, 2.24) is 15.0 Å². The molecule has 38 heavy (non-hydrogen) atoms. The molecule has 0 aliphatic heterocycles. The van der Waals surface area contributed by atoms with E-state index in [0.29, 0.717) is 47.3 Å². The van der Waals surface area contributed by atoms with E-state index in [1.807, 2.05) is 36.4 Å². The maximum Gasteiger partial charge on any atom is 0.225 e. The summed E-state index contributed by atoms with van der Waals surface area (Å²) in [7, 11) is 3.17. The molecule has 0 bridgehead atoms. The number of halogens is 1. The van der Waals surface area contributed by atoms with Crippen LogP contribution in [0.2, 0.25) is 0 Å². The van der Waals surface area contributed by atoms with Crippen LogP contribution < -0.4 is 20.1 Å². The summed E-state index contributed by atoms with van der Waals surface area (Å²) in [5, 5.41) is 27.3. The number of fused-ring (bicyclic) bond motifs is 1. The van der Waals surface area contributed by atoms with Crippen molar-refractivity contribution >= 4 is 33.3 Å². The quantitative estimate of drug-likeness (QED) is 0.232. The van der Waals surface area contributed by atoms with Crippen molar-refractivity contribution in [2.24, 2.45) is 5.92 Å². The third kappa shape index (κ3) is 5.50. The Morgan fingerprint density at radius 1 is 1.05 bits per heavy atom. The van der Waals surface area contributed by atoms with Gasteiger partial charge in [-0.05, 0) is 48.6 Å². The zero-order chi connectivity index (χ0) is 26.6. The van der Waals surface area contributed by atoms with Crippen LogP contribution in [0.4, 0.5) is 16.2 Å². The van der Waals surface area contributed by atoms with E-state index in [0.717, 1.165) is 15.8 Å². The van der Waals surface area contributed by atoms with E-state index in [9.17, 15) is 14.6 Å². The smallest absolute Gasteiger partial charge is 0.225 e. The maximum absolute atomic E-state index is 14.5. The van der Waals surface area contributed by atoms with E-state index >= 15 is 0 Å². The number of hydrogen-bond acceptors (Lipinski definition) is 10. The number of para-hydroxylation sites is 1. The van der Waals surface area contributed by atoms with E-state index in [1.165, 1.54) is 11.3 Å². The van der Waals surface area contributed by atoms with E-state index in [4.69, 9.17) is 19.4 Å². The SMILES string of the molecule is COc1cc(CNc2nc(CF)c(-c3nc4ccccc4s3)c(N[C@@H]3C[C@H](CO)C[C@H]3O)n2)cc(OC)c1. The summed E-state index contributed by atoms with van der Waals surface area (Å²) in [4.78, 5) is 13.9. The highest BCUT2D eigenvalue weighted by Crippen LogP contribution is 2.38. The molecule has 1 fully saturated rings. The number of alkyl halides is 1. The van der Waals surface area contributed by atoms with Gasteiger partial charge >= 0.3 is 0 Å². The first-order chi connectivity index (χ1) is 18.5. The Bertz CT molecular complexity index is 1360. The monoisotopic (exact) mass is 539 g/mol. The number of rotatable bonds is 10. The molecule has 1 aliphatic rings. The van der Waals surface area contributed by atoms with Gasteiger partial charge in [0.25, 0.3) is 0 Å². The van der Waals surface area contributed by atoms with Gasteiger partial charge in [-0.3, -0.25) is 0 Å². The van der Waals surface area contributed by atoms with Crippen LogP contribution >= 0.6 is 11.3 Å². The molecule has 4 aromatic rings. The molecule has 2 aromatic heterocycles. The molecular weight excluding hydrogens is 509 g/mol. The predicted molar refractivity (Wildman–Crippen MR) is 146 cm³/mol. The van der Waals surface area contributed by atoms with Crippen molar-refractivity contribution in [2.75, 3.05) is 31.5 Å². The summed E-state index contributed by atoms with van der Waals surface area (Å²) in [6.07, 6.45) is 0.382. The van der Waals surface area contributed by atoms with Crippen molar-refractivity contribution in [3.05, 3.63) is 53.7 Å². The summed E-state index contributed by atoms with van der Waals surface area (Å²) in [6.45, 7) is -0.481. The number of ether oxygens (including phenoxy) is 2. The molecule has 9 nitrogen and oxygen atoms in total. The second-order valence-electron chi connectivity index (χ2n) is 9.25. The lowest BCUT2D eigenvalue weighted by atomic mass is 10.1. The van der Waals surface area contributed by atoms with E-state index in [2.05, 4.69) is 15.6 Å². The third-order valence-corrected chi connectivity index (χ3v) is 7.74. The first kappa shape index (κ1) is 26.1. The molecule has 2 heterocycles. The fourth-order valence-electron chi connectivity index (χ4n) is 4.74. The molecule has 0 unspecified atom stereocenters. The molecule has 11 heteroatoms. The predicted octanol–water partition coefficient (Wildman–Crippen LogP) is 4.40. The Labute approximate surface area is 223 Å². The van der Waals surface area contributed by atoms with E-state index < -0.39 is 12.8 Å². The zero-order valence-electron chi connectivity index (χ0n) is 21.1. The first-order valence-corrected chi connectivity index (χ1v) is 13.2. The minimum absolute atomic E-state index is 0.00369. The number of methoxy groups -OCH3 is 2. The van der Waals surface area contributed by atoms with Gasteiger partial charge in [0.2, 0.25) is 5.95 Å². The number of aliphatic hydroxyl groups is 2. The minimum Gasteiger partial charge on any atom is -0.497 e. The average molecular weight is 540 g/mol. The maximum atomic E-state index is 14.5. The van der Waals surface area contributed by atoms with Gasteiger partial charge in [-0.2, -0.15) is 4.98 Å². The van der Waals surface area contributed by atoms with Crippen LogP contribution in [-0.2, 0) is 13.2 Å². The topological polar surface area (TPSA) is 122 Å². The highest BCUT2D eigenvalue weighted by atomic mass is 32.1. The van der Waals surface area contributed by atoms with E-state index in [-0.39, 0.29) is 30.2 Å². The number of aromatic nitrogens is 3. The number of thiazole rings is 1. The minimum atomic E-state index is -0.823. The molecule has 1 aliphatic carbocycles. The number of aliphatic hydroxyl groups excluding tert-OH is 2. The highest BCUT2D eigenvalue weighted by Gasteiger charge is 2.34. The number of hydrogen-bond donors (Lipinski definition) is 4. The largest absolute Gasteiger partial charge is 0.497 e. The molecule has 0 spiro atoms. The summed E-state index contributed by atoms with van der Waals surface area (Å²) < 4.78 is 26.1. The average Bonchev–Trinajstić information content (AvgIpc) is 3.53. The fourth-order valence-corrected chi connectivity index (χ4v) is 5.77. The molecule has 0 radical (unpaired) electrons. The van der Waals surface area contributed by atoms with Crippen LogP contribution in [0.1, 0.15) is 24.1 Å². The normalized spacial score (nSPS) is 19.0. The molecule has 3 atom stereocenters. The fraction of sp³-hybridized carbons (Fsp3) is 0.370. The summed E-state index contributed by atoms with van der Waals surface area (Å²) in [5.41, 5.74) is 2.34. The van der Waals surface area contributed by atoms with E-state index in [1.54, 1.807) is 20.3 Å². The van der Waals surface area contributed by atoms with Crippen LogP contribution in [-0.4, -0.2) is 58.1 Å². The zero-order valence-corrected chi connectivity index (χ0v) is 22.0. The van der Waals surface area contributed by atoms with Gasteiger partial charge < -0.3 is 30.3 Å². The Kier molecular flexibility index (Phi) is 7.87. The summed E-state index contributed by atoms with van der Waals surface area (Å²) in [5.74, 6) is 1.90. The molecule has 1 saturated carbocycles. The molecular formula is C27H30FN5O4S. The van der Waals surface area contributed by atoms with Gasteiger partial charge in [0.05, 0.1) is 47.8 Å². The molecule has 5 rings (SSSR count). The molecule has 0 saturated heterocycles. The Morgan fingerprint density at radius 2 is 1.82 bits per heavy atom. The standard InChI is InChI=1S/C27H30FN5O4S/c1-36-17-7-15(8-18(11-17)37-2)13-29-27-32-21(12-28)24(26-31-19-5-3-4-6-23(19)38-26)25(33-27)30-20-9-16(14-34)10-22(20)35/h3-8,11,16,20,22,34-35H,9-10,12-14H2,1-2H3,(H2,29,30,32,33)/t16-,20+,22+/m0/s1. The van der Waals surface area contributed by atoms with Crippen LogP contribution in [0, 0.1) is 5.92 Å². The van der Waals surface area contributed by atoms with Gasteiger partial charge in [-0.25, -0.2) is 14.4 Å². The lowest BCUT2D eigenvalue weighted by molar-refractivity contribution is 0.157. The Morgan fingerprint density at radius 3 is 2.47 bits per heavy atom. The van der Waals surface area contributed by atoms with Crippen molar-refractivity contribution in [1.29, 1.82) is 0 Å². The van der Waals surface area contributed by atoms with Crippen molar-refractivity contribution in [3.8, 4) is 22.1 Å². The van der Waals surface area contributed by atoms with Gasteiger partial charge in [0, 0.05) is 19.2 Å². The lowest BCUT2D eigenvalue weighted by Crippen LogP contribution is -2.29. The molecule has 2 aromatic carbocycles. The van der Waals surface area contributed by atoms with Gasteiger partial charge in [-0.15, -0.1) is 11.3 Å². The lowest BCUT2D eigenvalue weighted by Gasteiger charge is -2.21. The first-order valence-electron chi connectivity index (χ1n) is 12.3. The number of nitrogens with one attached hydrogen (secondary N) is 2. The van der Waals surface area contributed by atoms with Gasteiger partial charge in [0.15, 0.2) is 0 Å². The Hall–Kier alpha value is -3.54. The van der Waals surface area contributed by atoms with Crippen molar-refractivity contribution in [3.63, 3.8) is 0 Å². The van der Waals surface area contributed by atoms with Crippen LogP contribution in [0.3, 0.4) is 0 Å². The number of nitrogens with zero attached hydrogens (tertiary/aromatic N) is 3. The molecule has 200 valence electrons. The number of anilines is 2. The van der Waals surface area contributed by atoms with Gasteiger partial charge in [-0.1, -0.05) is 12.1 Å². The van der Waals surface area contributed by atoms with Gasteiger partial charge in [0.1, 0.15) is 29.0 Å². The highest BCUT2D eigenvalue weighted by molar-refractivity contribution is 7.21. The van der Waals surface area contributed by atoms with Crippen LogP contribution in [0.5, 0.6) is 11.5 Å². The van der Waals surface area contributed by atoms with Crippen molar-refractivity contribution in [2.45, 2.75) is 38.2 Å². The third-order valence-electron chi connectivity index (χ3n) is 6.69. The molecule has 4 N–H and O–H groups in total. The number of benzene rings is 2.